The summed E-state index contributed by atoms with van der Waals surface area (Å²) in [5.74, 6) is -2.26. The van der Waals surface area contributed by atoms with Crippen LogP contribution in [0.15, 0.2) is 18.2 Å². The first-order chi connectivity index (χ1) is 15.4. The largest absolute Gasteiger partial charge is 0.375 e. The summed E-state index contributed by atoms with van der Waals surface area (Å²) < 4.78 is 0. The first-order valence-corrected chi connectivity index (χ1v) is 11.0. The van der Waals surface area contributed by atoms with E-state index < -0.39 is 29.7 Å². The van der Waals surface area contributed by atoms with E-state index in [9.17, 15) is 24.0 Å². The number of benzene rings is 1. The zero-order chi connectivity index (χ0) is 22.5. The molecule has 3 heterocycles. The van der Waals surface area contributed by atoms with Crippen LogP contribution in [0.4, 0.5) is 5.69 Å². The summed E-state index contributed by atoms with van der Waals surface area (Å²) >= 11 is 0. The van der Waals surface area contributed by atoms with Crippen LogP contribution in [0.5, 0.6) is 0 Å². The molecular weight excluding hydrogens is 414 g/mol. The first kappa shape index (κ1) is 20.6. The molecule has 0 aromatic heterocycles. The SMILES string of the molecule is O=C1CCC(N2C(=O)c3cccc(NCC(=O)N4CCNCC45CCC5)c3C2=O)C(=O)N1. The number of hydrogen-bond donors (Lipinski definition) is 3. The lowest BCUT2D eigenvalue weighted by Gasteiger charge is -2.53. The van der Waals surface area contributed by atoms with E-state index in [2.05, 4.69) is 16.0 Å². The molecule has 0 bridgehead atoms. The molecule has 1 aromatic carbocycles. The first-order valence-electron chi connectivity index (χ1n) is 11.0. The van der Waals surface area contributed by atoms with Crippen molar-refractivity contribution in [2.75, 3.05) is 31.5 Å². The molecule has 1 aromatic rings. The van der Waals surface area contributed by atoms with Crippen molar-refractivity contribution in [2.24, 2.45) is 0 Å². The number of nitrogens with zero attached hydrogens (tertiary/aromatic N) is 2. The van der Waals surface area contributed by atoms with Gasteiger partial charge in [0.05, 0.1) is 23.2 Å². The molecule has 3 fully saturated rings. The molecule has 3 N–H and O–H groups in total. The Morgan fingerprint density at radius 3 is 2.69 bits per heavy atom. The molecule has 1 aliphatic carbocycles. The number of hydrogen-bond acceptors (Lipinski definition) is 7. The predicted octanol–water partition coefficient (Wildman–Crippen LogP) is -0.146. The second-order valence-electron chi connectivity index (χ2n) is 8.83. The average Bonchev–Trinajstić information content (AvgIpc) is 3.02. The van der Waals surface area contributed by atoms with Crippen molar-refractivity contribution in [3.8, 4) is 0 Å². The monoisotopic (exact) mass is 439 g/mol. The summed E-state index contributed by atoms with van der Waals surface area (Å²) in [6, 6.07) is 3.81. The Morgan fingerprint density at radius 1 is 1.16 bits per heavy atom. The Labute approximate surface area is 184 Å². The van der Waals surface area contributed by atoms with Gasteiger partial charge in [0.25, 0.3) is 11.8 Å². The van der Waals surface area contributed by atoms with Crippen LogP contribution in [0.2, 0.25) is 0 Å². The van der Waals surface area contributed by atoms with Crippen LogP contribution in [0, 0.1) is 0 Å². The van der Waals surface area contributed by atoms with Gasteiger partial charge in [0.15, 0.2) is 0 Å². The van der Waals surface area contributed by atoms with E-state index in [0.29, 0.717) is 12.2 Å². The fourth-order valence-electron chi connectivity index (χ4n) is 5.19. The zero-order valence-electron chi connectivity index (χ0n) is 17.6. The van der Waals surface area contributed by atoms with Crippen molar-refractivity contribution in [3.63, 3.8) is 0 Å². The van der Waals surface area contributed by atoms with Gasteiger partial charge in [-0.15, -0.1) is 0 Å². The van der Waals surface area contributed by atoms with E-state index in [-0.39, 0.29) is 42.0 Å². The summed E-state index contributed by atoms with van der Waals surface area (Å²) in [7, 11) is 0. The maximum absolute atomic E-state index is 13.2. The van der Waals surface area contributed by atoms with Crippen molar-refractivity contribution in [1.82, 2.24) is 20.4 Å². The molecular formula is C22H25N5O5. The van der Waals surface area contributed by atoms with E-state index in [1.807, 2.05) is 4.90 Å². The normalized spacial score (nSPS) is 24.3. The number of piperazine rings is 1. The highest BCUT2D eigenvalue weighted by Crippen LogP contribution is 2.38. The number of imide groups is 2. The van der Waals surface area contributed by atoms with E-state index >= 15 is 0 Å². The van der Waals surface area contributed by atoms with Crippen LogP contribution in [0.3, 0.4) is 0 Å². The number of fused-ring (bicyclic) bond motifs is 1. The van der Waals surface area contributed by atoms with Crippen LogP contribution in [0.25, 0.3) is 0 Å². The zero-order valence-corrected chi connectivity index (χ0v) is 17.6. The summed E-state index contributed by atoms with van der Waals surface area (Å²) in [6.07, 6.45) is 3.25. The Bertz CT molecular complexity index is 1030. The molecule has 1 unspecified atom stereocenters. The quantitative estimate of drug-likeness (QED) is 0.557. The maximum Gasteiger partial charge on any atom is 0.264 e. The number of piperidine rings is 1. The van der Waals surface area contributed by atoms with Gasteiger partial charge in [-0.3, -0.25) is 34.2 Å². The second-order valence-corrected chi connectivity index (χ2v) is 8.83. The molecule has 1 saturated carbocycles. The number of carbonyl (C=O) groups excluding carboxylic acids is 5. The average molecular weight is 439 g/mol. The van der Waals surface area contributed by atoms with Crippen molar-refractivity contribution in [2.45, 2.75) is 43.7 Å². The summed E-state index contributed by atoms with van der Waals surface area (Å²) in [4.78, 5) is 65.7. The minimum Gasteiger partial charge on any atom is -0.375 e. The molecule has 1 atom stereocenters. The van der Waals surface area contributed by atoms with Crippen molar-refractivity contribution in [1.29, 1.82) is 0 Å². The Morgan fingerprint density at radius 2 is 1.97 bits per heavy atom. The molecule has 168 valence electrons. The van der Waals surface area contributed by atoms with Gasteiger partial charge in [-0.05, 0) is 37.8 Å². The minimum atomic E-state index is -1.02. The van der Waals surface area contributed by atoms with Gasteiger partial charge in [0.1, 0.15) is 6.04 Å². The van der Waals surface area contributed by atoms with Gasteiger partial charge >= 0.3 is 0 Å². The van der Waals surface area contributed by atoms with E-state index in [4.69, 9.17) is 0 Å². The minimum absolute atomic E-state index is 0.0120. The van der Waals surface area contributed by atoms with Gasteiger partial charge in [-0.1, -0.05) is 6.07 Å². The molecule has 4 aliphatic rings. The number of rotatable bonds is 4. The van der Waals surface area contributed by atoms with Gasteiger partial charge in [-0.2, -0.15) is 0 Å². The highest BCUT2D eigenvalue weighted by atomic mass is 16.2. The predicted molar refractivity (Wildman–Crippen MR) is 113 cm³/mol. The van der Waals surface area contributed by atoms with Gasteiger partial charge in [0, 0.05) is 31.7 Å². The molecule has 10 heteroatoms. The Hall–Kier alpha value is -3.27. The van der Waals surface area contributed by atoms with Crippen LogP contribution in [-0.2, 0) is 14.4 Å². The van der Waals surface area contributed by atoms with Gasteiger partial charge < -0.3 is 15.5 Å². The lowest BCUT2D eigenvalue weighted by atomic mass is 9.74. The number of anilines is 1. The molecule has 0 radical (unpaired) electrons. The Balaban J connectivity index is 1.34. The lowest BCUT2D eigenvalue weighted by Crippen LogP contribution is -2.66. The summed E-state index contributed by atoms with van der Waals surface area (Å²) in [5, 5.41) is 8.61. The third kappa shape index (κ3) is 3.17. The molecule has 5 amide bonds. The fourth-order valence-corrected chi connectivity index (χ4v) is 5.19. The lowest BCUT2D eigenvalue weighted by molar-refractivity contribution is -0.141. The molecule has 2 saturated heterocycles. The van der Waals surface area contributed by atoms with Gasteiger partial charge in [0.2, 0.25) is 17.7 Å². The van der Waals surface area contributed by atoms with Crippen LogP contribution in [-0.4, -0.2) is 77.1 Å². The van der Waals surface area contributed by atoms with Crippen molar-refractivity contribution >= 4 is 35.2 Å². The number of amides is 5. The topological polar surface area (TPSA) is 128 Å². The third-order valence-electron chi connectivity index (χ3n) is 7.02. The summed E-state index contributed by atoms with van der Waals surface area (Å²) in [5.41, 5.74) is 0.634. The smallest absolute Gasteiger partial charge is 0.264 e. The van der Waals surface area contributed by atoms with Crippen LogP contribution >= 0.6 is 0 Å². The van der Waals surface area contributed by atoms with E-state index in [0.717, 1.165) is 37.3 Å². The molecule has 5 rings (SSSR count). The maximum atomic E-state index is 13.2. The van der Waals surface area contributed by atoms with Crippen LogP contribution in [0.1, 0.15) is 52.8 Å². The van der Waals surface area contributed by atoms with Gasteiger partial charge in [-0.25, -0.2) is 0 Å². The number of nitrogens with one attached hydrogen (secondary N) is 3. The highest BCUT2D eigenvalue weighted by molar-refractivity contribution is 6.25. The highest BCUT2D eigenvalue weighted by Gasteiger charge is 2.47. The van der Waals surface area contributed by atoms with E-state index in [1.165, 1.54) is 6.07 Å². The Kier molecular flexibility index (Phi) is 4.96. The number of carbonyl (C=O) groups is 5. The van der Waals surface area contributed by atoms with E-state index in [1.54, 1.807) is 12.1 Å². The molecule has 10 nitrogen and oxygen atoms in total. The summed E-state index contributed by atoms with van der Waals surface area (Å²) in [6.45, 7) is 2.21. The molecule has 32 heavy (non-hydrogen) atoms. The third-order valence-corrected chi connectivity index (χ3v) is 7.02. The molecule has 1 spiro atoms. The molecule has 3 aliphatic heterocycles. The fraction of sp³-hybridized carbons (Fsp3) is 0.500. The second kappa shape index (κ2) is 7.70. The van der Waals surface area contributed by atoms with Crippen molar-refractivity contribution in [3.05, 3.63) is 29.3 Å². The van der Waals surface area contributed by atoms with Crippen molar-refractivity contribution < 1.29 is 24.0 Å². The van der Waals surface area contributed by atoms with Crippen LogP contribution < -0.4 is 16.0 Å². The standard InChI is InChI=1S/C22H25N5O5/c28-16-6-5-15(19(30)25-16)27-20(31)13-3-1-4-14(18(13)21(27)32)24-11-17(29)26-10-9-23-12-22(26)7-2-8-22/h1,3-4,15,23-24H,2,5-12H2,(H,25,28,30).